The Hall–Kier alpha value is -3.35. The molecule has 14 heteroatoms. The highest BCUT2D eigenvalue weighted by Gasteiger charge is 2.51. The van der Waals surface area contributed by atoms with Crippen LogP contribution in [0.1, 0.15) is 303 Å². The largest absolute Gasteiger partial charge is 0.394 e. The van der Waals surface area contributed by atoms with E-state index in [0.717, 1.165) is 116 Å². The number of ether oxygens (including phenoxy) is 4. The molecule has 1 amide bonds. The molecule has 0 spiro atoms. The fourth-order valence-electron chi connectivity index (χ4n) is 12.2. The monoisotopic (exact) mass is 1340 g/mol. The van der Waals surface area contributed by atoms with Gasteiger partial charge < -0.3 is 65.1 Å². The van der Waals surface area contributed by atoms with Gasteiger partial charge in [-0.15, -0.1) is 0 Å². The second-order valence-electron chi connectivity index (χ2n) is 26.8. The topological polar surface area (TPSA) is 228 Å². The maximum absolute atomic E-state index is 13.4. The molecule has 95 heavy (non-hydrogen) atoms. The third kappa shape index (κ3) is 47.4. The fraction of sp³-hybridized carbons (Fsp3) is 0.765. The van der Waals surface area contributed by atoms with Crippen molar-refractivity contribution in [2.24, 2.45) is 0 Å². The summed E-state index contributed by atoms with van der Waals surface area (Å²) in [7, 11) is 0. The zero-order valence-corrected chi connectivity index (χ0v) is 59.9. The van der Waals surface area contributed by atoms with Crippen molar-refractivity contribution in [2.75, 3.05) is 19.8 Å². The van der Waals surface area contributed by atoms with Crippen molar-refractivity contribution in [3.63, 3.8) is 0 Å². The minimum absolute atomic E-state index is 0.226. The van der Waals surface area contributed by atoms with Crippen LogP contribution in [0.15, 0.2) is 109 Å². The van der Waals surface area contributed by atoms with E-state index in [1.807, 2.05) is 0 Å². The minimum atomic E-state index is -1.79. The van der Waals surface area contributed by atoms with Gasteiger partial charge in [0, 0.05) is 6.42 Å². The maximum Gasteiger partial charge on any atom is 0.220 e. The third-order valence-corrected chi connectivity index (χ3v) is 18.3. The fourth-order valence-corrected chi connectivity index (χ4v) is 12.2. The number of aliphatic hydroxyl groups excluding tert-OH is 8. The van der Waals surface area contributed by atoms with Crippen LogP contribution in [0.5, 0.6) is 0 Å². The molecule has 2 rings (SSSR count). The number of unbranched alkanes of at least 4 members (excludes halogenated alkanes) is 32. The normalized spacial score (nSPS) is 23.0. The molecule has 0 aromatic heterocycles. The van der Waals surface area contributed by atoms with Crippen LogP contribution in [-0.4, -0.2) is 140 Å². The molecule has 0 bridgehead atoms. The van der Waals surface area contributed by atoms with Gasteiger partial charge in [-0.1, -0.05) is 322 Å². The quantitative estimate of drug-likeness (QED) is 0.0204. The molecule has 2 heterocycles. The van der Waals surface area contributed by atoms with Crippen LogP contribution < -0.4 is 5.32 Å². The second-order valence-corrected chi connectivity index (χ2v) is 26.8. The van der Waals surface area contributed by atoms with Gasteiger partial charge in [0.1, 0.15) is 48.8 Å². The van der Waals surface area contributed by atoms with E-state index in [9.17, 15) is 45.6 Å². The highest BCUT2D eigenvalue weighted by atomic mass is 16.7. The molecule has 0 radical (unpaired) electrons. The smallest absolute Gasteiger partial charge is 0.220 e. The van der Waals surface area contributed by atoms with Crippen LogP contribution in [0.4, 0.5) is 0 Å². The summed E-state index contributed by atoms with van der Waals surface area (Å²) < 4.78 is 22.9. The molecule has 0 aromatic rings. The zero-order valence-electron chi connectivity index (χ0n) is 59.9. The van der Waals surface area contributed by atoms with E-state index < -0.39 is 86.8 Å². The number of nitrogens with one attached hydrogen (secondary N) is 1. The second kappa shape index (κ2) is 64.1. The van der Waals surface area contributed by atoms with E-state index in [1.165, 1.54) is 154 Å². The Labute approximate surface area is 578 Å². The average Bonchev–Trinajstić information content (AvgIpc) is 0.801. The number of rotatable bonds is 63. The van der Waals surface area contributed by atoms with E-state index >= 15 is 0 Å². The number of carbonyl (C=O) groups excluding carboxylic acids is 1. The van der Waals surface area contributed by atoms with Gasteiger partial charge in [-0.05, 0) is 83.5 Å². The van der Waals surface area contributed by atoms with Crippen LogP contribution in [0.25, 0.3) is 0 Å². The summed E-state index contributed by atoms with van der Waals surface area (Å²) in [4.78, 5) is 13.4. The standard InChI is InChI=1S/C81H141NO13/c1-3-5-7-9-11-13-15-17-19-21-23-25-27-29-31-33-34-35-36-37-39-41-43-45-47-49-51-53-55-57-59-61-63-65-73(86)82-69(68-92-80-78(91)76(89)79(72(67-84)94-80)95-81-77(90)75(88)74(87)71(66-83)93-81)70(85)64-62-60-58-56-54-52-50-48-46-44-42-40-38-32-30-28-26-24-22-20-18-16-14-12-10-8-6-4-2/h5,7,11,13,17,19,23,25,29,31,34-35,37,39,43,45,49,51,69-72,74-81,83-85,87-91H,3-4,6,8-10,12,14-16,18,20-22,24,26-28,30,32-33,36,38,40-42,44,46-48,50,52-68H2,1-2H3,(H,82,86)/b7-5-,13-11-,19-17-,25-23-,31-29-,35-34-,39-37-,45-43-,51-49-. The van der Waals surface area contributed by atoms with Crippen molar-refractivity contribution in [1.29, 1.82) is 0 Å². The van der Waals surface area contributed by atoms with Gasteiger partial charge in [0.25, 0.3) is 0 Å². The maximum atomic E-state index is 13.4. The number of aliphatic hydroxyl groups is 8. The Kier molecular flexibility index (Phi) is 59.2. The van der Waals surface area contributed by atoms with Crippen molar-refractivity contribution < 1.29 is 64.6 Å². The zero-order chi connectivity index (χ0) is 68.7. The van der Waals surface area contributed by atoms with Crippen molar-refractivity contribution in [1.82, 2.24) is 5.32 Å². The Morgan fingerprint density at radius 3 is 1.12 bits per heavy atom. The Bertz CT molecular complexity index is 2010. The lowest BCUT2D eigenvalue weighted by molar-refractivity contribution is -0.359. The Balaban J connectivity index is 1.66. The predicted octanol–water partition coefficient (Wildman–Crippen LogP) is 17.1. The molecular formula is C81H141NO13. The van der Waals surface area contributed by atoms with Gasteiger partial charge in [0.05, 0.1) is 32.0 Å². The summed E-state index contributed by atoms with van der Waals surface area (Å²) in [5.41, 5.74) is 0. The first-order valence-electron chi connectivity index (χ1n) is 38.6. The molecule has 12 unspecified atom stereocenters. The van der Waals surface area contributed by atoms with Crippen molar-refractivity contribution >= 4 is 5.91 Å². The molecule has 12 atom stereocenters. The molecular weight excluding hydrogens is 1190 g/mol. The van der Waals surface area contributed by atoms with Crippen LogP contribution in [0.3, 0.4) is 0 Å². The summed E-state index contributed by atoms with van der Waals surface area (Å²) in [6.45, 7) is 2.77. The first-order chi connectivity index (χ1) is 46.6. The van der Waals surface area contributed by atoms with E-state index in [1.54, 1.807) is 0 Å². The molecule has 2 aliphatic heterocycles. The van der Waals surface area contributed by atoms with Gasteiger partial charge in [-0.3, -0.25) is 4.79 Å². The van der Waals surface area contributed by atoms with E-state index in [4.69, 9.17) is 18.9 Å². The van der Waals surface area contributed by atoms with Gasteiger partial charge in [0.2, 0.25) is 5.91 Å². The van der Waals surface area contributed by atoms with Crippen molar-refractivity contribution in [3.05, 3.63) is 109 Å². The summed E-state index contributed by atoms with van der Waals surface area (Å²) in [6.07, 6.45) is 75.3. The molecule has 0 aliphatic carbocycles. The SMILES string of the molecule is CC/C=C\C/C=C\C/C=C\C/C=C\C/C=C\C/C=C\C/C=C\C/C=C\C/C=C\CCCCCCCC(=O)NC(COC1OC(CO)C(OC2OC(CO)C(O)C(O)C2O)C(O)C1O)C(O)CCCCCCCCCCCCCCCCCCCCCCCCCCCCCC. The lowest BCUT2D eigenvalue weighted by Gasteiger charge is -2.46. The molecule has 548 valence electrons. The van der Waals surface area contributed by atoms with Gasteiger partial charge in [-0.25, -0.2) is 0 Å². The predicted molar refractivity (Wildman–Crippen MR) is 392 cm³/mol. The molecule has 2 saturated heterocycles. The molecule has 2 aliphatic rings. The van der Waals surface area contributed by atoms with Gasteiger partial charge in [0.15, 0.2) is 12.6 Å². The number of allylic oxidation sites excluding steroid dienone is 18. The van der Waals surface area contributed by atoms with Crippen LogP contribution >= 0.6 is 0 Å². The van der Waals surface area contributed by atoms with E-state index in [-0.39, 0.29) is 18.9 Å². The lowest BCUT2D eigenvalue weighted by atomic mass is 9.97. The van der Waals surface area contributed by atoms with Crippen LogP contribution in [-0.2, 0) is 23.7 Å². The van der Waals surface area contributed by atoms with Crippen molar-refractivity contribution in [2.45, 2.75) is 376 Å². The van der Waals surface area contributed by atoms with Crippen LogP contribution in [0.2, 0.25) is 0 Å². The molecule has 0 aromatic carbocycles. The minimum Gasteiger partial charge on any atom is -0.394 e. The van der Waals surface area contributed by atoms with E-state index in [2.05, 4.69) is 129 Å². The van der Waals surface area contributed by atoms with Crippen molar-refractivity contribution in [3.8, 4) is 0 Å². The van der Waals surface area contributed by atoms with Gasteiger partial charge >= 0.3 is 0 Å². The molecule has 9 N–H and O–H groups in total. The Morgan fingerprint density at radius 2 is 0.726 bits per heavy atom. The summed E-state index contributed by atoms with van der Waals surface area (Å²) in [5.74, 6) is -0.226. The number of hydrogen-bond donors (Lipinski definition) is 9. The average molecular weight is 1340 g/mol. The number of hydrogen-bond acceptors (Lipinski definition) is 13. The van der Waals surface area contributed by atoms with E-state index in [0.29, 0.717) is 12.8 Å². The lowest BCUT2D eigenvalue weighted by Crippen LogP contribution is -2.65. The molecule has 2 fully saturated rings. The Morgan fingerprint density at radius 1 is 0.389 bits per heavy atom. The first kappa shape index (κ1) is 87.7. The number of amides is 1. The molecule has 14 nitrogen and oxygen atoms in total. The molecule has 0 saturated carbocycles. The summed E-state index contributed by atoms with van der Waals surface area (Å²) in [5, 5.41) is 87.8. The number of carbonyl (C=O) groups is 1. The third-order valence-electron chi connectivity index (χ3n) is 18.3. The first-order valence-corrected chi connectivity index (χ1v) is 38.6. The summed E-state index contributed by atoms with van der Waals surface area (Å²) in [6, 6.07) is -0.850. The van der Waals surface area contributed by atoms with Crippen LogP contribution in [0, 0.1) is 0 Å². The highest BCUT2D eigenvalue weighted by molar-refractivity contribution is 5.76. The summed E-state index contributed by atoms with van der Waals surface area (Å²) >= 11 is 0. The van der Waals surface area contributed by atoms with Gasteiger partial charge in [-0.2, -0.15) is 0 Å². The highest BCUT2D eigenvalue weighted by Crippen LogP contribution is 2.30.